The third-order valence-corrected chi connectivity index (χ3v) is 6.33. The van der Waals surface area contributed by atoms with Crippen LogP contribution in [0.15, 0.2) is 41.6 Å². The Morgan fingerprint density at radius 2 is 2.09 bits per heavy atom. The van der Waals surface area contributed by atoms with Crippen LogP contribution in [0.3, 0.4) is 0 Å². The van der Waals surface area contributed by atoms with E-state index in [1.54, 1.807) is 24.5 Å². The van der Waals surface area contributed by atoms with E-state index in [0.717, 1.165) is 43.0 Å². The largest absolute Gasteiger partial charge is 0.312 e. The van der Waals surface area contributed by atoms with Gasteiger partial charge in [-0.15, -0.1) is 0 Å². The summed E-state index contributed by atoms with van der Waals surface area (Å²) in [6.45, 7) is 0.983. The number of fused-ring (bicyclic) bond motifs is 1. The third kappa shape index (κ3) is 2.41. The van der Waals surface area contributed by atoms with Gasteiger partial charge in [-0.1, -0.05) is 6.07 Å². The first-order chi connectivity index (χ1) is 10.6. The molecule has 0 amide bonds. The molecule has 4 rings (SSSR count). The zero-order chi connectivity index (χ0) is 15.2. The summed E-state index contributed by atoms with van der Waals surface area (Å²) in [5.41, 5.74) is -0.275. The van der Waals surface area contributed by atoms with Crippen LogP contribution in [0.2, 0.25) is 0 Å². The van der Waals surface area contributed by atoms with E-state index in [1.807, 2.05) is 12.1 Å². The number of nitrogens with zero attached hydrogens (tertiary/aromatic N) is 1. The highest BCUT2D eigenvalue weighted by atomic mass is 32.2. The maximum Gasteiger partial charge on any atom is 0.241 e. The van der Waals surface area contributed by atoms with Crippen molar-refractivity contribution in [2.24, 2.45) is 0 Å². The minimum atomic E-state index is -3.49. The lowest BCUT2D eigenvalue weighted by atomic mass is 10.1. The molecular weight excluding hydrogens is 298 g/mol. The Labute approximate surface area is 130 Å². The second-order valence-electron chi connectivity index (χ2n) is 6.30. The molecule has 1 atom stereocenters. The van der Waals surface area contributed by atoms with Crippen molar-refractivity contribution in [3.8, 4) is 0 Å². The van der Waals surface area contributed by atoms with E-state index in [-0.39, 0.29) is 11.6 Å². The molecule has 22 heavy (non-hydrogen) atoms. The molecule has 1 aliphatic heterocycles. The fraction of sp³-hybridized carbons (Fsp3) is 0.438. The standard InChI is InChI=1S/C16H19N3O2S/c20-22(21,19-16(6-7-16)15-2-1-8-18-15)14-4-3-13-11-17-9-5-12(13)10-14/h3-5,9-11,15,18-19H,1-2,6-8H2. The quantitative estimate of drug-likeness (QED) is 0.902. The molecule has 1 saturated carbocycles. The van der Waals surface area contributed by atoms with Crippen LogP contribution in [0.5, 0.6) is 0 Å². The number of aromatic nitrogens is 1. The highest BCUT2D eigenvalue weighted by Gasteiger charge is 2.52. The number of hydrogen-bond donors (Lipinski definition) is 2. The monoisotopic (exact) mass is 317 g/mol. The van der Waals surface area contributed by atoms with E-state index in [2.05, 4.69) is 15.0 Å². The fourth-order valence-corrected chi connectivity index (χ4v) is 4.90. The maximum absolute atomic E-state index is 12.7. The number of nitrogens with one attached hydrogen (secondary N) is 2. The van der Waals surface area contributed by atoms with Crippen LogP contribution in [0.4, 0.5) is 0 Å². The molecular formula is C16H19N3O2S. The summed E-state index contributed by atoms with van der Waals surface area (Å²) >= 11 is 0. The van der Waals surface area contributed by atoms with Gasteiger partial charge in [0.15, 0.2) is 0 Å². The van der Waals surface area contributed by atoms with Crippen LogP contribution >= 0.6 is 0 Å². The summed E-state index contributed by atoms with van der Waals surface area (Å²) < 4.78 is 28.4. The van der Waals surface area contributed by atoms with Crippen LogP contribution in [0.25, 0.3) is 10.8 Å². The first-order valence-electron chi connectivity index (χ1n) is 7.70. The van der Waals surface area contributed by atoms with Gasteiger partial charge in [0.05, 0.1) is 4.90 Å². The van der Waals surface area contributed by atoms with Crippen molar-refractivity contribution in [3.63, 3.8) is 0 Å². The minimum absolute atomic E-state index is 0.270. The molecule has 2 aliphatic rings. The van der Waals surface area contributed by atoms with E-state index in [4.69, 9.17) is 0 Å². The van der Waals surface area contributed by atoms with Crippen LogP contribution in [0, 0.1) is 0 Å². The van der Waals surface area contributed by atoms with Gasteiger partial charge in [-0.2, -0.15) is 0 Å². The van der Waals surface area contributed by atoms with Gasteiger partial charge in [0, 0.05) is 29.4 Å². The summed E-state index contributed by atoms with van der Waals surface area (Å²) in [7, 11) is -3.49. The molecule has 116 valence electrons. The zero-order valence-corrected chi connectivity index (χ0v) is 13.1. The third-order valence-electron chi connectivity index (χ3n) is 4.78. The summed E-state index contributed by atoms with van der Waals surface area (Å²) in [4.78, 5) is 4.38. The van der Waals surface area contributed by atoms with E-state index in [0.29, 0.717) is 4.90 Å². The SMILES string of the molecule is O=S(=O)(NC1(C2CCCN2)CC1)c1ccc2cnccc2c1. The molecule has 2 fully saturated rings. The molecule has 2 N–H and O–H groups in total. The topological polar surface area (TPSA) is 71.1 Å². The highest BCUT2D eigenvalue weighted by Crippen LogP contribution is 2.42. The van der Waals surface area contributed by atoms with Gasteiger partial charge in [0.1, 0.15) is 0 Å². The Kier molecular flexibility index (Phi) is 3.21. The van der Waals surface area contributed by atoms with Gasteiger partial charge >= 0.3 is 0 Å². The lowest BCUT2D eigenvalue weighted by molar-refractivity contribution is 0.430. The number of benzene rings is 1. The van der Waals surface area contributed by atoms with Gasteiger partial charge in [-0.05, 0) is 55.8 Å². The van der Waals surface area contributed by atoms with E-state index in [9.17, 15) is 8.42 Å². The Morgan fingerprint density at radius 3 is 2.82 bits per heavy atom. The Balaban J connectivity index is 1.64. The van der Waals surface area contributed by atoms with Crippen molar-refractivity contribution in [2.45, 2.75) is 42.2 Å². The molecule has 1 aromatic heterocycles. The first kappa shape index (κ1) is 14.1. The number of hydrogen-bond acceptors (Lipinski definition) is 4. The molecule has 1 saturated heterocycles. The molecule has 1 aliphatic carbocycles. The molecule has 2 aromatic rings. The van der Waals surface area contributed by atoms with E-state index < -0.39 is 10.0 Å². The molecule has 0 radical (unpaired) electrons. The van der Waals surface area contributed by atoms with E-state index >= 15 is 0 Å². The van der Waals surface area contributed by atoms with Crippen LogP contribution < -0.4 is 10.0 Å². The first-order valence-corrected chi connectivity index (χ1v) is 9.19. The fourth-order valence-electron chi connectivity index (χ4n) is 3.37. The number of rotatable bonds is 4. The summed E-state index contributed by atoms with van der Waals surface area (Å²) in [6.07, 6.45) is 7.42. The molecule has 1 aromatic carbocycles. The molecule has 5 nitrogen and oxygen atoms in total. The number of sulfonamides is 1. The minimum Gasteiger partial charge on any atom is -0.312 e. The lowest BCUT2D eigenvalue weighted by Crippen LogP contribution is -2.49. The molecule has 1 unspecified atom stereocenters. The lowest BCUT2D eigenvalue weighted by Gasteiger charge is -2.24. The Bertz CT molecular complexity index is 809. The summed E-state index contributed by atoms with van der Waals surface area (Å²) in [5, 5.41) is 5.26. The molecule has 6 heteroatoms. The van der Waals surface area contributed by atoms with Crippen molar-refractivity contribution in [2.75, 3.05) is 6.54 Å². The zero-order valence-electron chi connectivity index (χ0n) is 12.2. The van der Waals surface area contributed by atoms with Crippen LogP contribution in [-0.2, 0) is 10.0 Å². The molecule has 2 heterocycles. The molecule has 0 spiro atoms. The van der Waals surface area contributed by atoms with Gasteiger partial charge in [0.2, 0.25) is 10.0 Å². The highest BCUT2D eigenvalue weighted by molar-refractivity contribution is 7.89. The number of pyridine rings is 1. The van der Waals surface area contributed by atoms with Crippen molar-refractivity contribution in [1.29, 1.82) is 0 Å². The maximum atomic E-state index is 12.7. The Morgan fingerprint density at radius 1 is 1.23 bits per heavy atom. The van der Waals surface area contributed by atoms with Gasteiger partial charge < -0.3 is 5.32 Å². The van der Waals surface area contributed by atoms with Crippen molar-refractivity contribution in [1.82, 2.24) is 15.0 Å². The van der Waals surface area contributed by atoms with E-state index in [1.165, 1.54) is 0 Å². The van der Waals surface area contributed by atoms with Gasteiger partial charge in [0.25, 0.3) is 0 Å². The van der Waals surface area contributed by atoms with Gasteiger partial charge in [-0.3, -0.25) is 4.98 Å². The second kappa shape index (κ2) is 5.01. The molecule has 0 bridgehead atoms. The van der Waals surface area contributed by atoms with Crippen LogP contribution in [0.1, 0.15) is 25.7 Å². The van der Waals surface area contributed by atoms with Crippen molar-refractivity contribution in [3.05, 3.63) is 36.7 Å². The summed E-state index contributed by atoms with van der Waals surface area (Å²) in [6, 6.07) is 7.29. The average Bonchev–Trinajstić information content (AvgIpc) is 3.07. The Hall–Kier alpha value is -1.50. The van der Waals surface area contributed by atoms with Crippen LogP contribution in [-0.4, -0.2) is 31.5 Å². The van der Waals surface area contributed by atoms with Crippen molar-refractivity contribution < 1.29 is 8.42 Å². The summed E-state index contributed by atoms with van der Waals surface area (Å²) in [5.74, 6) is 0. The second-order valence-corrected chi connectivity index (χ2v) is 7.98. The predicted octanol–water partition coefficient (Wildman–Crippen LogP) is 1.80. The normalized spacial score (nSPS) is 23.7. The van der Waals surface area contributed by atoms with Crippen molar-refractivity contribution >= 4 is 20.8 Å². The smallest absolute Gasteiger partial charge is 0.241 e. The predicted molar refractivity (Wildman–Crippen MR) is 85.1 cm³/mol. The van der Waals surface area contributed by atoms with Gasteiger partial charge in [-0.25, -0.2) is 13.1 Å². The average molecular weight is 317 g/mol.